The number of amides is 1. The van der Waals surface area contributed by atoms with Crippen molar-refractivity contribution >= 4 is 23.2 Å². The molecule has 2 aromatic carbocycles. The van der Waals surface area contributed by atoms with Crippen LogP contribution in [0, 0.1) is 12.7 Å². The van der Waals surface area contributed by atoms with Gasteiger partial charge < -0.3 is 14.5 Å². The number of halogens is 2. The molecule has 1 saturated heterocycles. The van der Waals surface area contributed by atoms with Crippen LogP contribution < -0.4 is 9.64 Å². The lowest BCUT2D eigenvalue weighted by molar-refractivity contribution is 0.0746. The molecule has 0 bridgehead atoms. The normalized spacial score (nSPS) is 14.1. The van der Waals surface area contributed by atoms with Crippen LogP contribution in [-0.4, -0.2) is 53.4 Å². The van der Waals surface area contributed by atoms with E-state index in [0.717, 1.165) is 11.4 Å². The van der Waals surface area contributed by atoms with E-state index >= 15 is 0 Å². The number of nitrogens with zero attached hydrogens (tertiary/aromatic N) is 4. The van der Waals surface area contributed by atoms with Gasteiger partial charge in [-0.1, -0.05) is 23.7 Å². The zero-order chi connectivity index (χ0) is 22.0. The molecule has 3 aromatic rings. The van der Waals surface area contributed by atoms with Gasteiger partial charge >= 0.3 is 0 Å². The highest BCUT2D eigenvalue weighted by Gasteiger charge is 2.29. The maximum Gasteiger partial charge on any atom is 0.259 e. The first kappa shape index (κ1) is 21.2. The summed E-state index contributed by atoms with van der Waals surface area (Å²) in [6.45, 7) is 6.84. The van der Waals surface area contributed by atoms with Crippen LogP contribution in [-0.2, 0) is 0 Å². The minimum Gasteiger partial charge on any atom is -0.492 e. The quantitative estimate of drug-likeness (QED) is 0.590. The molecule has 1 aliphatic heterocycles. The molecule has 0 saturated carbocycles. The Bertz CT molecular complexity index is 1080. The fourth-order valence-electron chi connectivity index (χ4n) is 3.80. The maximum atomic E-state index is 13.2. The van der Waals surface area contributed by atoms with Crippen LogP contribution >= 0.6 is 11.6 Å². The lowest BCUT2D eigenvalue weighted by Crippen LogP contribution is -2.49. The smallest absolute Gasteiger partial charge is 0.259 e. The Morgan fingerprint density at radius 3 is 2.45 bits per heavy atom. The van der Waals surface area contributed by atoms with Crippen LogP contribution in [0.3, 0.4) is 0 Å². The fraction of sp³-hybridized carbons (Fsp3) is 0.304. The molecule has 0 radical (unpaired) electrons. The molecule has 1 amide bonds. The van der Waals surface area contributed by atoms with Gasteiger partial charge in [0.25, 0.3) is 5.91 Å². The summed E-state index contributed by atoms with van der Waals surface area (Å²) in [6.07, 6.45) is 0. The first-order valence-electron chi connectivity index (χ1n) is 10.3. The molecule has 0 aliphatic carbocycles. The third-order valence-corrected chi connectivity index (χ3v) is 5.71. The molecule has 4 rings (SSSR count). The maximum absolute atomic E-state index is 13.2. The van der Waals surface area contributed by atoms with Crippen LogP contribution in [0.15, 0.2) is 48.5 Å². The number of carbonyl (C=O) groups is 1. The molecule has 8 heteroatoms. The van der Waals surface area contributed by atoms with Gasteiger partial charge in [0.05, 0.1) is 29.2 Å². The number of aromatic nitrogens is 2. The first-order valence-corrected chi connectivity index (χ1v) is 10.6. The predicted molar refractivity (Wildman–Crippen MR) is 119 cm³/mol. The predicted octanol–water partition coefficient (Wildman–Crippen LogP) is 4.33. The summed E-state index contributed by atoms with van der Waals surface area (Å²) >= 11 is 6.53. The summed E-state index contributed by atoms with van der Waals surface area (Å²) in [5, 5.41) is 4.64. The summed E-state index contributed by atoms with van der Waals surface area (Å²) in [4.78, 5) is 17.3. The van der Waals surface area contributed by atoms with E-state index in [4.69, 9.17) is 16.3 Å². The Morgan fingerprint density at radius 1 is 1.10 bits per heavy atom. The Morgan fingerprint density at radius 2 is 1.77 bits per heavy atom. The number of carbonyl (C=O) groups excluding carboxylic acids is 1. The van der Waals surface area contributed by atoms with E-state index in [1.807, 2.05) is 31.2 Å². The summed E-state index contributed by atoms with van der Waals surface area (Å²) < 4.78 is 20.5. The van der Waals surface area contributed by atoms with E-state index in [0.29, 0.717) is 49.7 Å². The largest absolute Gasteiger partial charge is 0.492 e. The molecule has 0 spiro atoms. The Kier molecular flexibility index (Phi) is 6.13. The second-order valence-electron chi connectivity index (χ2n) is 7.32. The SMILES string of the molecule is CCOc1ccccc1N1CCN(C(=O)c2c(C)nn(-c3ccc(F)cc3)c2Cl)CC1. The van der Waals surface area contributed by atoms with Crippen molar-refractivity contribution in [2.45, 2.75) is 13.8 Å². The Labute approximate surface area is 185 Å². The van der Waals surface area contributed by atoms with Crippen molar-refractivity contribution in [2.75, 3.05) is 37.7 Å². The van der Waals surface area contributed by atoms with Crippen molar-refractivity contribution in [3.05, 3.63) is 70.8 Å². The molecule has 162 valence electrons. The van der Waals surface area contributed by atoms with Gasteiger partial charge in [0, 0.05) is 26.2 Å². The number of anilines is 1. The third-order valence-electron chi connectivity index (χ3n) is 5.36. The van der Waals surface area contributed by atoms with Crippen LogP contribution in [0.25, 0.3) is 5.69 Å². The van der Waals surface area contributed by atoms with E-state index < -0.39 is 0 Å². The van der Waals surface area contributed by atoms with E-state index in [2.05, 4.69) is 10.00 Å². The van der Waals surface area contributed by atoms with Crippen molar-refractivity contribution in [3.63, 3.8) is 0 Å². The van der Waals surface area contributed by atoms with E-state index in [1.54, 1.807) is 24.0 Å². The number of para-hydroxylation sites is 2. The fourth-order valence-corrected chi connectivity index (χ4v) is 4.15. The van der Waals surface area contributed by atoms with Gasteiger partial charge in [-0.3, -0.25) is 4.79 Å². The van der Waals surface area contributed by atoms with Gasteiger partial charge in [-0.05, 0) is 50.2 Å². The molecular weight excluding hydrogens is 419 g/mol. The van der Waals surface area contributed by atoms with Crippen molar-refractivity contribution in [1.29, 1.82) is 0 Å². The van der Waals surface area contributed by atoms with Crippen molar-refractivity contribution in [3.8, 4) is 11.4 Å². The number of rotatable bonds is 5. The molecule has 1 aliphatic rings. The molecule has 0 atom stereocenters. The summed E-state index contributed by atoms with van der Waals surface area (Å²) in [5.74, 6) is 0.363. The molecule has 31 heavy (non-hydrogen) atoms. The summed E-state index contributed by atoms with van der Waals surface area (Å²) in [6, 6.07) is 13.8. The van der Waals surface area contributed by atoms with Gasteiger partial charge in [0.2, 0.25) is 0 Å². The highest BCUT2D eigenvalue weighted by Crippen LogP contribution is 2.30. The van der Waals surface area contributed by atoms with Gasteiger partial charge in [-0.25, -0.2) is 9.07 Å². The average molecular weight is 443 g/mol. The van der Waals surface area contributed by atoms with Gasteiger partial charge in [-0.2, -0.15) is 5.10 Å². The number of hydrogen-bond acceptors (Lipinski definition) is 4. The minimum atomic E-state index is -0.344. The highest BCUT2D eigenvalue weighted by molar-refractivity contribution is 6.33. The van der Waals surface area contributed by atoms with Gasteiger partial charge in [-0.15, -0.1) is 0 Å². The molecule has 0 N–H and O–H groups in total. The topological polar surface area (TPSA) is 50.6 Å². The number of hydrogen-bond donors (Lipinski definition) is 0. The summed E-state index contributed by atoms with van der Waals surface area (Å²) in [7, 11) is 0. The Balaban J connectivity index is 1.50. The van der Waals surface area contributed by atoms with Gasteiger partial charge in [0.15, 0.2) is 0 Å². The highest BCUT2D eigenvalue weighted by atomic mass is 35.5. The van der Waals surface area contributed by atoms with Crippen LogP contribution in [0.5, 0.6) is 5.75 Å². The first-order chi connectivity index (χ1) is 15.0. The average Bonchev–Trinajstić information content (AvgIpc) is 3.08. The zero-order valence-corrected chi connectivity index (χ0v) is 18.3. The van der Waals surface area contributed by atoms with E-state index in [1.165, 1.54) is 16.8 Å². The second-order valence-corrected chi connectivity index (χ2v) is 7.68. The van der Waals surface area contributed by atoms with E-state index in [9.17, 15) is 9.18 Å². The standard InChI is InChI=1S/C23H24ClFN4O2/c1-3-31-20-7-5-4-6-19(20)27-12-14-28(15-13-27)23(30)21-16(2)26-29(22(21)24)18-10-8-17(25)9-11-18/h4-11H,3,12-15H2,1-2H3. The number of aryl methyl sites for hydroxylation is 1. The van der Waals surface area contributed by atoms with Crippen LogP contribution in [0.2, 0.25) is 5.15 Å². The minimum absolute atomic E-state index is 0.145. The van der Waals surface area contributed by atoms with Gasteiger partial charge in [0.1, 0.15) is 16.7 Å². The number of benzene rings is 2. The molecule has 6 nitrogen and oxygen atoms in total. The van der Waals surface area contributed by atoms with Crippen LogP contribution in [0.1, 0.15) is 23.0 Å². The van der Waals surface area contributed by atoms with E-state index in [-0.39, 0.29) is 16.9 Å². The lowest BCUT2D eigenvalue weighted by atomic mass is 10.2. The zero-order valence-electron chi connectivity index (χ0n) is 17.5. The van der Waals surface area contributed by atoms with Crippen molar-refractivity contribution in [2.24, 2.45) is 0 Å². The number of ether oxygens (including phenoxy) is 1. The van der Waals surface area contributed by atoms with Crippen molar-refractivity contribution < 1.29 is 13.9 Å². The number of piperazine rings is 1. The molecule has 1 aromatic heterocycles. The third kappa shape index (κ3) is 4.23. The Hall–Kier alpha value is -3.06. The molecule has 0 unspecified atom stereocenters. The monoisotopic (exact) mass is 442 g/mol. The lowest BCUT2D eigenvalue weighted by Gasteiger charge is -2.36. The second kappa shape index (κ2) is 8.98. The molecular formula is C23H24ClFN4O2. The van der Waals surface area contributed by atoms with Crippen LogP contribution in [0.4, 0.5) is 10.1 Å². The molecule has 1 fully saturated rings. The summed E-state index contributed by atoms with van der Waals surface area (Å²) in [5.41, 5.74) is 2.57. The molecule has 2 heterocycles. The van der Waals surface area contributed by atoms with Crippen molar-refractivity contribution in [1.82, 2.24) is 14.7 Å².